The van der Waals surface area contributed by atoms with Gasteiger partial charge in [-0.25, -0.2) is 0 Å². The highest BCUT2D eigenvalue weighted by molar-refractivity contribution is 6.31. The Morgan fingerprint density at radius 2 is 2.12 bits per heavy atom. The Morgan fingerprint density at radius 3 is 2.76 bits per heavy atom. The molecular weight excluding hydrogens is 340 g/mol. The summed E-state index contributed by atoms with van der Waals surface area (Å²) in [5.74, 6) is 1.11. The van der Waals surface area contributed by atoms with Crippen molar-refractivity contribution in [2.24, 2.45) is 11.7 Å². The van der Waals surface area contributed by atoms with Gasteiger partial charge in [-0.1, -0.05) is 18.0 Å². The number of rotatable bonds is 8. The lowest BCUT2D eigenvalue weighted by molar-refractivity contribution is 0.0445. The predicted molar refractivity (Wildman–Crippen MR) is 98.2 cm³/mol. The lowest BCUT2D eigenvalue weighted by Crippen LogP contribution is -2.42. The molecule has 2 N–H and O–H groups in total. The van der Waals surface area contributed by atoms with Gasteiger partial charge in [0.15, 0.2) is 0 Å². The third-order valence-corrected chi connectivity index (χ3v) is 5.22. The minimum atomic E-state index is -0.0306. The summed E-state index contributed by atoms with van der Waals surface area (Å²) in [6.07, 6.45) is 5.87. The van der Waals surface area contributed by atoms with Crippen molar-refractivity contribution < 1.29 is 14.3 Å². The average Bonchev–Trinajstić information content (AvgIpc) is 3.08. The number of nitrogens with zero attached hydrogens (tertiary/aromatic N) is 1. The van der Waals surface area contributed by atoms with Crippen LogP contribution in [0.1, 0.15) is 42.5 Å². The molecule has 25 heavy (non-hydrogen) atoms. The van der Waals surface area contributed by atoms with Gasteiger partial charge in [-0.2, -0.15) is 0 Å². The van der Waals surface area contributed by atoms with Crippen molar-refractivity contribution in [2.75, 3.05) is 32.8 Å². The molecule has 1 saturated carbocycles. The molecule has 0 radical (unpaired) electrons. The zero-order valence-electron chi connectivity index (χ0n) is 14.6. The summed E-state index contributed by atoms with van der Waals surface area (Å²) >= 11 is 6.14. The Hall–Kier alpha value is -1.30. The van der Waals surface area contributed by atoms with Gasteiger partial charge in [-0.3, -0.25) is 4.79 Å². The van der Waals surface area contributed by atoms with E-state index in [1.807, 2.05) is 4.90 Å². The third-order valence-electron chi connectivity index (χ3n) is 4.99. The fourth-order valence-electron chi connectivity index (χ4n) is 3.40. The Morgan fingerprint density at radius 1 is 1.28 bits per heavy atom. The maximum Gasteiger partial charge on any atom is 0.257 e. The molecule has 1 atom stereocenters. The van der Waals surface area contributed by atoms with Crippen LogP contribution in [0.15, 0.2) is 18.2 Å². The van der Waals surface area contributed by atoms with Gasteiger partial charge in [-0.15, -0.1) is 0 Å². The number of amides is 1. The van der Waals surface area contributed by atoms with Gasteiger partial charge in [0.2, 0.25) is 0 Å². The van der Waals surface area contributed by atoms with E-state index in [-0.39, 0.29) is 12.0 Å². The number of benzene rings is 1. The Kier molecular flexibility index (Phi) is 6.57. The van der Waals surface area contributed by atoms with Gasteiger partial charge in [0, 0.05) is 31.3 Å². The van der Waals surface area contributed by atoms with E-state index in [9.17, 15) is 4.79 Å². The lowest BCUT2D eigenvalue weighted by Gasteiger charge is -2.34. The van der Waals surface area contributed by atoms with Crippen LogP contribution in [0, 0.1) is 5.92 Å². The van der Waals surface area contributed by atoms with Gasteiger partial charge in [0.25, 0.3) is 5.91 Å². The van der Waals surface area contributed by atoms with E-state index in [0.29, 0.717) is 41.9 Å². The van der Waals surface area contributed by atoms with E-state index < -0.39 is 0 Å². The molecule has 3 rings (SSSR count). The number of nitrogens with two attached hydrogens (primary N) is 1. The van der Waals surface area contributed by atoms with Crippen molar-refractivity contribution in [3.05, 3.63) is 28.8 Å². The fourth-order valence-corrected chi connectivity index (χ4v) is 3.57. The second kappa shape index (κ2) is 8.88. The Labute approximate surface area is 154 Å². The summed E-state index contributed by atoms with van der Waals surface area (Å²) in [4.78, 5) is 15.2. The van der Waals surface area contributed by atoms with Crippen molar-refractivity contribution in [1.29, 1.82) is 0 Å². The molecule has 0 unspecified atom stereocenters. The van der Waals surface area contributed by atoms with E-state index in [1.165, 1.54) is 19.3 Å². The van der Waals surface area contributed by atoms with Crippen LogP contribution in [-0.4, -0.2) is 49.8 Å². The smallest absolute Gasteiger partial charge is 0.257 e. The topological polar surface area (TPSA) is 64.8 Å². The van der Waals surface area contributed by atoms with E-state index in [4.69, 9.17) is 26.8 Å². The summed E-state index contributed by atoms with van der Waals surface area (Å²) in [5.41, 5.74) is 6.04. The molecule has 1 aromatic carbocycles. The van der Waals surface area contributed by atoms with Crippen molar-refractivity contribution in [3.8, 4) is 5.75 Å². The molecule has 2 aliphatic rings. The largest absolute Gasteiger partial charge is 0.491 e. The standard InChI is InChI=1S/C19H27ClN2O3/c20-15-6-7-18(25-10-8-21)17(11-15)19(23)22(12-14-3-1-4-14)13-16-5-2-9-24-16/h6-7,11,14,16H,1-5,8-10,12-13,21H2/t16-/m0/s1. The van der Waals surface area contributed by atoms with Gasteiger partial charge >= 0.3 is 0 Å². The molecule has 5 nitrogen and oxygen atoms in total. The molecular formula is C19H27ClN2O3. The molecule has 6 heteroatoms. The van der Waals surface area contributed by atoms with Crippen LogP contribution in [0.5, 0.6) is 5.75 Å². The van der Waals surface area contributed by atoms with Gasteiger partial charge in [0.05, 0.1) is 11.7 Å². The molecule has 0 aromatic heterocycles. The van der Waals surface area contributed by atoms with Crippen molar-refractivity contribution in [2.45, 2.75) is 38.2 Å². The Balaban J connectivity index is 1.78. The molecule has 1 aliphatic carbocycles. The second-order valence-electron chi connectivity index (χ2n) is 6.92. The summed E-state index contributed by atoms with van der Waals surface area (Å²) in [7, 11) is 0. The van der Waals surface area contributed by atoms with E-state index in [2.05, 4.69) is 0 Å². The normalized spacial score (nSPS) is 20.3. The maximum atomic E-state index is 13.2. The predicted octanol–water partition coefficient (Wildman–Crippen LogP) is 3.10. The maximum absolute atomic E-state index is 13.2. The fraction of sp³-hybridized carbons (Fsp3) is 0.632. The molecule has 2 fully saturated rings. The number of ether oxygens (including phenoxy) is 2. The van der Waals surface area contributed by atoms with Crippen molar-refractivity contribution in [1.82, 2.24) is 4.90 Å². The van der Waals surface area contributed by atoms with Crippen LogP contribution < -0.4 is 10.5 Å². The third kappa shape index (κ3) is 4.87. The summed E-state index contributed by atoms with van der Waals surface area (Å²) in [6, 6.07) is 5.18. The summed E-state index contributed by atoms with van der Waals surface area (Å²) in [5, 5.41) is 0.532. The number of hydrogen-bond donors (Lipinski definition) is 1. The minimum Gasteiger partial charge on any atom is -0.491 e. The van der Waals surface area contributed by atoms with E-state index in [1.54, 1.807) is 18.2 Å². The molecule has 0 spiro atoms. The number of carbonyl (C=O) groups is 1. The quantitative estimate of drug-likeness (QED) is 0.767. The van der Waals surface area contributed by atoms with Crippen LogP contribution in [0.2, 0.25) is 5.02 Å². The molecule has 1 amide bonds. The number of halogens is 1. The molecule has 1 saturated heterocycles. The van der Waals surface area contributed by atoms with Crippen LogP contribution in [-0.2, 0) is 4.74 Å². The average molecular weight is 367 g/mol. The SMILES string of the molecule is NCCOc1ccc(Cl)cc1C(=O)N(CC1CCC1)C[C@@H]1CCCO1. The lowest BCUT2D eigenvalue weighted by atomic mass is 9.85. The molecule has 0 bridgehead atoms. The molecule has 138 valence electrons. The van der Waals surface area contributed by atoms with E-state index in [0.717, 1.165) is 26.0 Å². The highest BCUT2D eigenvalue weighted by Gasteiger charge is 2.29. The number of carbonyl (C=O) groups excluding carboxylic acids is 1. The van der Waals surface area contributed by atoms with Crippen LogP contribution in [0.25, 0.3) is 0 Å². The van der Waals surface area contributed by atoms with Gasteiger partial charge < -0.3 is 20.1 Å². The van der Waals surface area contributed by atoms with Crippen LogP contribution >= 0.6 is 11.6 Å². The summed E-state index contributed by atoms with van der Waals surface area (Å²) < 4.78 is 11.4. The first-order chi connectivity index (χ1) is 12.2. The second-order valence-corrected chi connectivity index (χ2v) is 7.36. The van der Waals surface area contributed by atoms with Gasteiger partial charge in [-0.05, 0) is 49.8 Å². The van der Waals surface area contributed by atoms with E-state index >= 15 is 0 Å². The first kappa shape index (κ1) is 18.5. The zero-order valence-corrected chi connectivity index (χ0v) is 15.3. The number of hydrogen-bond acceptors (Lipinski definition) is 4. The first-order valence-corrected chi connectivity index (χ1v) is 9.58. The first-order valence-electron chi connectivity index (χ1n) is 9.20. The van der Waals surface area contributed by atoms with Crippen molar-refractivity contribution in [3.63, 3.8) is 0 Å². The summed E-state index contributed by atoms with van der Waals surface area (Å²) in [6.45, 7) is 2.98. The molecule has 1 aliphatic heterocycles. The molecule has 1 aromatic rings. The monoisotopic (exact) mass is 366 g/mol. The molecule has 1 heterocycles. The van der Waals surface area contributed by atoms with Gasteiger partial charge in [0.1, 0.15) is 12.4 Å². The van der Waals surface area contributed by atoms with Crippen LogP contribution in [0.4, 0.5) is 0 Å². The Bertz CT molecular complexity index is 586. The zero-order chi connectivity index (χ0) is 17.6. The van der Waals surface area contributed by atoms with Crippen LogP contribution in [0.3, 0.4) is 0 Å². The van der Waals surface area contributed by atoms with Crippen molar-refractivity contribution >= 4 is 17.5 Å². The minimum absolute atomic E-state index is 0.0306. The highest BCUT2D eigenvalue weighted by atomic mass is 35.5. The highest BCUT2D eigenvalue weighted by Crippen LogP contribution is 2.30.